The van der Waals surface area contributed by atoms with Crippen molar-refractivity contribution in [2.45, 2.75) is 44.9 Å². The van der Waals surface area contributed by atoms with Crippen LogP contribution in [0.4, 0.5) is 0 Å². The van der Waals surface area contributed by atoms with Gasteiger partial charge in [-0.25, -0.2) is 0 Å². The third-order valence-corrected chi connectivity index (χ3v) is 2.61. The van der Waals surface area contributed by atoms with Gasteiger partial charge in [-0.05, 0) is 20.8 Å². The van der Waals surface area contributed by atoms with Crippen molar-refractivity contribution in [3.8, 4) is 0 Å². The van der Waals surface area contributed by atoms with E-state index in [0.717, 1.165) is 0 Å². The average Bonchev–Trinajstić information content (AvgIpc) is 1.97. The summed E-state index contributed by atoms with van der Waals surface area (Å²) in [5.74, 6) is 0. The van der Waals surface area contributed by atoms with Crippen molar-refractivity contribution in [2.24, 2.45) is 5.73 Å². The molecule has 4 atom stereocenters. The molecule has 3 heteroatoms. The van der Waals surface area contributed by atoms with Crippen LogP contribution in [0.3, 0.4) is 0 Å². The second kappa shape index (κ2) is 3.52. The van der Waals surface area contributed by atoms with E-state index in [1.807, 2.05) is 0 Å². The first-order valence-corrected chi connectivity index (χ1v) is 4.37. The maximum Gasteiger partial charge on any atom is 0.0344 e. The van der Waals surface area contributed by atoms with Crippen molar-refractivity contribution in [2.75, 3.05) is 6.54 Å². The molecule has 0 aromatic rings. The highest BCUT2D eigenvalue weighted by Crippen LogP contribution is 2.05. The topological polar surface area (TPSA) is 50.1 Å². The normalized spacial score (nSPS) is 45.8. The molecule has 1 fully saturated rings. The zero-order chi connectivity index (χ0) is 8.43. The monoisotopic (exact) mass is 157 g/mol. The highest BCUT2D eigenvalue weighted by atomic mass is 15.1. The Balaban J connectivity index is 2.48. The summed E-state index contributed by atoms with van der Waals surface area (Å²) in [6, 6.07) is 2.00. The highest BCUT2D eigenvalue weighted by Gasteiger charge is 2.27. The summed E-state index contributed by atoms with van der Waals surface area (Å²) < 4.78 is 0. The lowest BCUT2D eigenvalue weighted by atomic mass is 10.00. The molecule has 3 nitrogen and oxygen atoms in total. The average molecular weight is 157 g/mol. The lowest BCUT2D eigenvalue weighted by Gasteiger charge is -2.39. The maximum atomic E-state index is 5.60. The Morgan fingerprint density at radius 2 is 1.55 bits per heavy atom. The van der Waals surface area contributed by atoms with Gasteiger partial charge in [0.25, 0.3) is 0 Å². The minimum absolute atomic E-state index is 0.432. The van der Waals surface area contributed by atoms with Crippen LogP contribution in [0, 0.1) is 0 Å². The highest BCUT2D eigenvalue weighted by molar-refractivity contribution is 4.92. The van der Waals surface area contributed by atoms with Crippen LogP contribution in [-0.2, 0) is 0 Å². The molecule has 0 aromatic heterocycles. The van der Waals surface area contributed by atoms with Gasteiger partial charge in [0.15, 0.2) is 0 Å². The van der Waals surface area contributed by atoms with Gasteiger partial charge in [-0.3, -0.25) is 0 Å². The fourth-order valence-electron chi connectivity index (χ4n) is 1.57. The van der Waals surface area contributed by atoms with Gasteiger partial charge in [0.2, 0.25) is 0 Å². The molecule has 0 aromatic carbocycles. The number of rotatable bonds is 1. The molecule has 11 heavy (non-hydrogen) atoms. The summed E-state index contributed by atoms with van der Waals surface area (Å²) in [5, 5.41) is 6.97. The molecule has 0 unspecified atom stereocenters. The molecule has 0 spiro atoms. The third-order valence-electron chi connectivity index (χ3n) is 2.61. The molecular weight excluding hydrogens is 138 g/mol. The molecule has 1 saturated heterocycles. The van der Waals surface area contributed by atoms with Gasteiger partial charge >= 0.3 is 0 Å². The van der Waals surface area contributed by atoms with Gasteiger partial charge in [0, 0.05) is 30.7 Å². The first-order valence-electron chi connectivity index (χ1n) is 4.37. The molecule has 1 aliphatic heterocycles. The first kappa shape index (κ1) is 8.97. The second-order valence-corrected chi connectivity index (χ2v) is 3.54. The number of nitrogens with two attached hydrogens (primary N) is 1. The fourth-order valence-corrected chi connectivity index (χ4v) is 1.57. The lowest BCUT2D eigenvalue weighted by molar-refractivity contribution is 0.242. The number of nitrogens with one attached hydrogen (secondary N) is 2. The van der Waals surface area contributed by atoms with Crippen LogP contribution in [0.1, 0.15) is 20.8 Å². The van der Waals surface area contributed by atoms with E-state index in [1.165, 1.54) is 0 Å². The van der Waals surface area contributed by atoms with Crippen molar-refractivity contribution in [3.05, 3.63) is 0 Å². The van der Waals surface area contributed by atoms with Crippen molar-refractivity contribution in [1.29, 1.82) is 0 Å². The van der Waals surface area contributed by atoms with Crippen molar-refractivity contribution in [1.82, 2.24) is 10.6 Å². The minimum atomic E-state index is 0.432. The van der Waals surface area contributed by atoms with Crippen molar-refractivity contribution in [3.63, 3.8) is 0 Å². The Hall–Kier alpha value is -0.120. The van der Waals surface area contributed by atoms with Gasteiger partial charge in [-0.2, -0.15) is 0 Å². The molecule has 1 aliphatic rings. The molecule has 0 bridgehead atoms. The Labute approximate surface area is 68.7 Å². The van der Waals surface area contributed by atoms with Crippen LogP contribution in [0.15, 0.2) is 0 Å². The standard InChI is InChI=1S/C8H19N3/c1-5-6(2)11-8(4-9)7(3)10-5/h5-8,10-11H,4,9H2,1-3H3/t5-,6-,7+,8-/m0/s1. The number of piperazine rings is 1. The maximum absolute atomic E-state index is 5.60. The summed E-state index contributed by atoms with van der Waals surface area (Å²) in [5.41, 5.74) is 5.60. The van der Waals surface area contributed by atoms with Crippen LogP contribution in [0.2, 0.25) is 0 Å². The number of hydrogen-bond acceptors (Lipinski definition) is 3. The molecular formula is C8H19N3. The van der Waals surface area contributed by atoms with Gasteiger partial charge in [-0.15, -0.1) is 0 Å². The van der Waals surface area contributed by atoms with E-state index in [-0.39, 0.29) is 0 Å². The van der Waals surface area contributed by atoms with Crippen LogP contribution in [-0.4, -0.2) is 30.7 Å². The summed E-state index contributed by atoms with van der Waals surface area (Å²) in [7, 11) is 0. The smallest absolute Gasteiger partial charge is 0.0344 e. The van der Waals surface area contributed by atoms with Crippen LogP contribution in [0.25, 0.3) is 0 Å². The zero-order valence-electron chi connectivity index (χ0n) is 7.59. The fraction of sp³-hybridized carbons (Fsp3) is 1.00. The second-order valence-electron chi connectivity index (χ2n) is 3.54. The summed E-state index contributed by atoms with van der Waals surface area (Å²) >= 11 is 0. The van der Waals surface area contributed by atoms with Crippen LogP contribution in [0.5, 0.6) is 0 Å². The molecule has 1 heterocycles. The predicted molar refractivity (Wildman–Crippen MR) is 47.5 cm³/mol. The Bertz CT molecular complexity index is 127. The summed E-state index contributed by atoms with van der Waals surface area (Å²) in [6.45, 7) is 7.27. The SMILES string of the molecule is C[C@@H]1N[C@@H](CN)[C@@H](C)N[C@H]1C. The Morgan fingerprint density at radius 3 is 2.09 bits per heavy atom. The van der Waals surface area contributed by atoms with E-state index in [1.54, 1.807) is 0 Å². The van der Waals surface area contributed by atoms with E-state index in [0.29, 0.717) is 30.7 Å². The molecule has 0 amide bonds. The van der Waals surface area contributed by atoms with Crippen LogP contribution < -0.4 is 16.4 Å². The Kier molecular flexibility index (Phi) is 2.87. The van der Waals surface area contributed by atoms with E-state index < -0.39 is 0 Å². The number of hydrogen-bond donors (Lipinski definition) is 3. The van der Waals surface area contributed by atoms with Crippen molar-refractivity contribution < 1.29 is 0 Å². The predicted octanol–water partition coefficient (Wildman–Crippen LogP) is -0.328. The summed E-state index contributed by atoms with van der Waals surface area (Å²) in [6.07, 6.45) is 0. The third kappa shape index (κ3) is 1.92. The van der Waals surface area contributed by atoms with E-state index in [9.17, 15) is 0 Å². The van der Waals surface area contributed by atoms with E-state index in [2.05, 4.69) is 31.4 Å². The molecule has 0 saturated carbocycles. The molecule has 4 N–H and O–H groups in total. The first-order chi connectivity index (χ1) is 5.15. The Morgan fingerprint density at radius 1 is 1.00 bits per heavy atom. The van der Waals surface area contributed by atoms with E-state index >= 15 is 0 Å². The van der Waals surface area contributed by atoms with Gasteiger partial charge in [0.1, 0.15) is 0 Å². The van der Waals surface area contributed by atoms with Gasteiger partial charge in [-0.1, -0.05) is 0 Å². The molecule has 66 valence electrons. The molecule has 0 aliphatic carbocycles. The zero-order valence-corrected chi connectivity index (χ0v) is 7.59. The lowest BCUT2D eigenvalue weighted by Crippen LogP contribution is -2.65. The largest absolute Gasteiger partial charge is 0.329 e. The van der Waals surface area contributed by atoms with E-state index in [4.69, 9.17) is 5.73 Å². The molecule has 1 rings (SSSR count). The quantitative estimate of drug-likeness (QED) is 0.488. The van der Waals surface area contributed by atoms with Gasteiger partial charge < -0.3 is 16.4 Å². The summed E-state index contributed by atoms with van der Waals surface area (Å²) in [4.78, 5) is 0. The minimum Gasteiger partial charge on any atom is -0.329 e. The van der Waals surface area contributed by atoms with Gasteiger partial charge in [0.05, 0.1) is 0 Å². The molecule has 0 radical (unpaired) electrons. The van der Waals surface area contributed by atoms with Crippen LogP contribution >= 0.6 is 0 Å². The van der Waals surface area contributed by atoms with Crippen molar-refractivity contribution >= 4 is 0 Å².